The van der Waals surface area contributed by atoms with Crippen LogP contribution in [-0.2, 0) is 4.74 Å². The Morgan fingerprint density at radius 1 is 1.27 bits per heavy atom. The Labute approximate surface area is 184 Å². The summed E-state index contributed by atoms with van der Waals surface area (Å²) in [6, 6.07) is 6.88. The molecule has 160 valence electrons. The molecule has 3 amide bonds. The summed E-state index contributed by atoms with van der Waals surface area (Å²) < 4.78 is 5.56. The molecule has 0 bridgehead atoms. The van der Waals surface area contributed by atoms with E-state index in [-0.39, 0.29) is 24.0 Å². The van der Waals surface area contributed by atoms with Gasteiger partial charge in [0.25, 0.3) is 5.91 Å². The topological polar surface area (TPSA) is 96.5 Å². The molecule has 2 unspecified atom stereocenters. The smallest absolute Gasteiger partial charge is 0.317 e. The van der Waals surface area contributed by atoms with Crippen molar-refractivity contribution in [2.45, 2.75) is 37.7 Å². The van der Waals surface area contributed by atoms with E-state index >= 15 is 0 Å². The van der Waals surface area contributed by atoms with Gasteiger partial charge < -0.3 is 20.3 Å². The molecule has 0 spiro atoms. The van der Waals surface area contributed by atoms with Crippen LogP contribution in [0.5, 0.6) is 0 Å². The second-order valence-corrected chi connectivity index (χ2v) is 8.96. The van der Waals surface area contributed by atoms with Gasteiger partial charge in [0.2, 0.25) is 5.01 Å². The highest BCUT2D eigenvalue weighted by Crippen LogP contribution is 2.29. The molecule has 8 nitrogen and oxygen atoms in total. The maximum absolute atomic E-state index is 12.5. The molecule has 2 fully saturated rings. The lowest BCUT2D eigenvalue weighted by molar-refractivity contribution is 0.102. The van der Waals surface area contributed by atoms with Gasteiger partial charge in [-0.1, -0.05) is 29.0 Å². The van der Waals surface area contributed by atoms with Gasteiger partial charge in [0.1, 0.15) is 5.01 Å². The average molecular weight is 450 g/mol. The second-order valence-electron chi connectivity index (χ2n) is 7.52. The van der Waals surface area contributed by atoms with E-state index in [9.17, 15) is 9.59 Å². The minimum atomic E-state index is -0.317. The number of carbonyl (C=O) groups is 2. The third-order valence-electron chi connectivity index (χ3n) is 5.28. The minimum absolute atomic E-state index is 0.0707. The van der Waals surface area contributed by atoms with E-state index in [0.717, 1.165) is 43.8 Å². The second kappa shape index (κ2) is 9.72. The zero-order valence-electron chi connectivity index (χ0n) is 16.5. The largest absolute Gasteiger partial charge is 0.376 e. The van der Waals surface area contributed by atoms with Gasteiger partial charge in [-0.3, -0.25) is 4.79 Å². The van der Waals surface area contributed by atoms with Crippen LogP contribution >= 0.6 is 22.9 Å². The SMILES string of the molecule is O=C(Nc1cccc(Cl)c1)c1nnc(C2CCCN(C(=O)NCC3CCCO3)C2)s1. The molecular formula is C20H24ClN5O3S. The van der Waals surface area contributed by atoms with Crippen LogP contribution in [0.2, 0.25) is 5.02 Å². The van der Waals surface area contributed by atoms with Crippen LogP contribution in [0.4, 0.5) is 10.5 Å². The number of rotatable bonds is 5. The van der Waals surface area contributed by atoms with E-state index < -0.39 is 0 Å². The molecule has 2 aliphatic heterocycles. The highest BCUT2D eigenvalue weighted by molar-refractivity contribution is 7.13. The fourth-order valence-electron chi connectivity index (χ4n) is 3.72. The predicted molar refractivity (Wildman–Crippen MR) is 115 cm³/mol. The monoisotopic (exact) mass is 449 g/mol. The van der Waals surface area contributed by atoms with Crippen molar-refractivity contribution in [1.82, 2.24) is 20.4 Å². The number of carbonyl (C=O) groups excluding carboxylic acids is 2. The van der Waals surface area contributed by atoms with Gasteiger partial charge in [-0.15, -0.1) is 10.2 Å². The van der Waals surface area contributed by atoms with Gasteiger partial charge in [0.15, 0.2) is 0 Å². The lowest BCUT2D eigenvalue weighted by atomic mass is 9.99. The number of piperidine rings is 1. The molecule has 2 aromatic rings. The number of nitrogens with one attached hydrogen (secondary N) is 2. The fourth-order valence-corrected chi connectivity index (χ4v) is 4.78. The highest BCUT2D eigenvalue weighted by atomic mass is 35.5. The number of likely N-dealkylation sites (tertiary alicyclic amines) is 1. The van der Waals surface area contributed by atoms with E-state index in [1.54, 1.807) is 24.3 Å². The van der Waals surface area contributed by atoms with Crippen LogP contribution in [-0.4, -0.2) is 59.4 Å². The highest BCUT2D eigenvalue weighted by Gasteiger charge is 2.28. The number of nitrogens with zero attached hydrogens (tertiary/aromatic N) is 3. The van der Waals surface area contributed by atoms with Crippen molar-refractivity contribution >= 4 is 40.6 Å². The Bertz CT molecular complexity index is 902. The Kier molecular flexibility index (Phi) is 6.81. The van der Waals surface area contributed by atoms with Gasteiger partial charge in [0, 0.05) is 42.9 Å². The summed E-state index contributed by atoms with van der Waals surface area (Å²) in [5.41, 5.74) is 0.607. The van der Waals surface area contributed by atoms with Crippen LogP contribution < -0.4 is 10.6 Å². The third-order valence-corrected chi connectivity index (χ3v) is 6.60. The summed E-state index contributed by atoms with van der Waals surface area (Å²) in [7, 11) is 0. The number of halogens is 1. The third kappa shape index (κ3) is 5.27. The first-order valence-corrected chi connectivity index (χ1v) is 11.3. The number of hydrogen-bond donors (Lipinski definition) is 2. The zero-order chi connectivity index (χ0) is 20.9. The van der Waals surface area contributed by atoms with Gasteiger partial charge >= 0.3 is 6.03 Å². The molecule has 2 atom stereocenters. The quantitative estimate of drug-likeness (QED) is 0.728. The van der Waals surface area contributed by atoms with Crippen molar-refractivity contribution in [3.63, 3.8) is 0 Å². The summed E-state index contributed by atoms with van der Waals surface area (Å²) in [4.78, 5) is 26.8. The number of benzene rings is 1. The Hall–Kier alpha value is -2.23. The molecule has 1 aromatic heterocycles. The number of hydrogen-bond acceptors (Lipinski definition) is 6. The van der Waals surface area contributed by atoms with Crippen molar-refractivity contribution in [2.24, 2.45) is 0 Å². The van der Waals surface area contributed by atoms with E-state index in [1.807, 2.05) is 4.90 Å². The van der Waals surface area contributed by atoms with E-state index in [0.29, 0.717) is 28.8 Å². The number of urea groups is 1. The summed E-state index contributed by atoms with van der Waals surface area (Å²) in [6.07, 6.45) is 3.98. The predicted octanol–water partition coefficient (Wildman–Crippen LogP) is 3.51. The lowest BCUT2D eigenvalue weighted by Gasteiger charge is -2.31. The number of ether oxygens (including phenoxy) is 1. The first-order chi connectivity index (χ1) is 14.6. The van der Waals surface area contributed by atoms with E-state index in [2.05, 4.69) is 20.8 Å². The summed E-state index contributed by atoms with van der Waals surface area (Å²) in [6.45, 7) is 2.61. The molecule has 0 radical (unpaired) electrons. The van der Waals surface area contributed by atoms with Crippen LogP contribution in [0, 0.1) is 0 Å². The Morgan fingerprint density at radius 3 is 2.97 bits per heavy atom. The molecule has 4 rings (SSSR count). The van der Waals surface area contributed by atoms with E-state index in [4.69, 9.17) is 16.3 Å². The van der Waals surface area contributed by atoms with Crippen LogP contribution in [0.1, 0.15) is 46.4 Å². The van der Waals surface area contributed by atoms with Crippen molar-refractivity contribution in [3.8, 4) is 0 Å². The fraction of sp³-hybridized carbons (Fsp3) is 0.500. The molecule has 30 heavy (non-hydrogen) atoms. The van der Waals surface area contributed by atoms with Gasteiger partial charge in [-0.25, -0.2) is 4.79 Å². The number of amides is 3. The molecule has 10 heteroatoms. The van der Waals surface area contributed by atoms with Crippen LogP contribution in [0.15, 0.2) is 24.3 Å². The Morgan fingerprint density at radius 2 is 2.17 bits per heavy atom. The molecule has 2 N–H and O–H groups in total. The van der Waals surface area contributed by atoms with Crippen molar-refractivity contribution in [2.75, 3.05) is 31.6 Å². The molecule has 0 aliphatic carbocycles. The summed E-state index contributed by atoms with van der Waals surface area (Å²) in [5.74, 6) is -0.236. The molecule has 2 saturated heterocycles. The Balaban J connectivity index is 1.33. The maximum atomic E-state index is 12.5. The normalized spacial score (nSPS) is 21.4. The molecular weight excluding hydrogens is 426 g/mol. The van der Waals surface area contributed by atoms with Gasteiger partial charge in [-0.05, 0) is 43.9 Å². The number of aromatic nitrogens is 2. The van der Waals surface area contributed by atoms with Crippen molar-refractivity contribution in [1.29, 1.82) is 0 Å². The standard InChI is InChI=1S/C20H24ClN5O3S/c21-14-5-1-6-15(10-14)23-17(27)19-25-24-18(30-19)13-4-2-8-26(12-13)20(28)22-11-16-7-3-9-29-16/h1,5-6,10,13,16H,2-4,7-9,11-12H2,(H,22,28)(H,23,27). The maximum Gasteiger partial charge on any atom is 0.317 e. The molecule has 0 saturated carbocycles. The lowest BCUT2D eigenvalue weighted by Crippen LogP contribution is -2.46. The first-order valence-electron chi connectivity index (χ1n) is 10.1. The summed E-state index contributed by atoms with van der Waals surface area (Å²) >= 11 is 7.23. The van der Waals surface area contributed by atoms with Crippen LogP contribution in [0.25, 0.3) is 0 Å². The van der Waals surface area contributed by atoms with Gasteiger partial charge in [0.05, 0.1) is 6.10 Å². The average Bonchev–Trinajstić information content (AvgIpc) is 3.44. The van der Waals surface area contributed by atoms with Crippen LogP contribution in [0.3, 0.4) is 0 Å². The number of anilines is 1. The van der Waals surface area contributed by atoms with Crippen molar-refractivity contribution < 1.29 is 14.3 Å². The van der Waals surface area contributed by atoms with Crippen molar-refractivity contribution in [3.05, 3.63) is 39.3 Å². The molecule has 2 aliphatic rings. The minimum Gasteiger partial charge on any atom is -0.376 e. The zero-order valence-corrected chi connectivity index (χ0v) is 18.0. The molecule has 3 heterocycles. The first kappa shape index (κ1) is 21.0. The van der Waals surface area contributed by atoms with E-state index in [1.165, 1.54) is 11.3 Å². The summed E-state index contributed by atoms with van der Waals surface area (Å²) in [5, 5.41) is 15.7. The van der Waals surface area contributed by atoms with Gasteiger partial charge in [-0.2, -0.15) is 0 Å². The molecule has 1 aromatic carbocycles.